The number of benzene rings is 2. The fourth-order valence-electron chi connectivity index (χ4n) is 4.53. The van der Waals surface area contributed by atoms with Crippen LogP contribution in [-0.2, 0) is 9.59 Å². The standard InChI is InChI=1S/C26H23F2N5O2/c1-16-12-20(10-11-29-16)33-22-9-8-19(13-18(22)15-30-33)32-23(34)14-21(31-25(35)26(2,27)28)24(32)17-6-4-3-5-7-17/h3-13,15,21,24H,14H2,1-2H3,(H,31,35)/t21-,24?/m0/s1. The van der Waals surface area contributed by atoms with Gasteiger partial charge in [-0.15, -0.1) is 0 Å². The van der Waals surface area contributed by atoms with E-state index in [0.717, 1.165) is 27.8 Å². The number of hydrogen-bond donors (Lipinski definition) is 1. The second-order valence-electron chi connectivity index (χ2n) is 8.75. The summed E-state index contributed by atoms with van der Waals surface area (Å²) in [4.78, 5) is 31.0. The molecule has 1 aliphatic rings. The third-order valence-corrected chi connectivity index (χ3v) is 6.13. The van der Waals surface area contributed by atoms with Gasteiger partial charge in [-0.3, -0.25) is 14.6 Å². The Balaban J connectivity index is 1.54. The van der Waals surface area contributed by atoms with E-state index in [1.807, 2.05) is 61.5 Å². The molecule has 1 fully saturated rings. The van der Waals surface area contributed by atoms with Crippen molar-refractivity contribution in [1.29, 1.82) is 0 Å². The van der Waals surface area contributed by atoms with Crippen LogP contribution in [0.4, 0.5) is 14.5 Å². The molecular formula is C26H23F2N5O2. The molecule has 5 rings (SSSR count). The van der Waals surface area contributed by atoms with Crippen LogP contribution in [-0.4, -0.2) is 38.5 Å². The van der Waals surface area contributed by atoms with Crippen molar-refractivity contribution in [3.63, 3.8) is 0 Å². The lowest BCUT2D eigenvalue weighted by atomic mass is 9.99. The maximum atomic E-state index is 13.6. The predicted molar refractivity (Wildman–Crippen MR) is 127 cm³/mol. The summed E-state index contributed by atoms with van der Waals surface area (Å²) in [5, 5.41) is 7.70. The Morgan fingerprint density at radius 1 is 1.09 bits per heavy atom. The number of aromatic nitrogens is 3. The molecule has 2 atom stereocenters. The topological polar surface area (TPSA) is 80.1 Å². The monoisotopic (exact) mass is 475 g/mol. The average molecular weight is 475 g/mol. The quantitative estimate of drug-likeness (QED) is 0.466. The molecule has 0 aliphatic carbocycles. The van der Waals surface area contributed by atoms with Gasteiger partial charge in [0.05, 0.1) is 29.5 Å². The second kappa shape index (κ2) is 8.57. The van der Waals surface area contributed by atoms with Crippen LogP contribution in [0.1, 0.15) is 30.6 Å². The second-order valence-corrected chi connectivity index (χ2v) is 8.75. The molecule has 1 aliphatic heterocycles. The molecule has 2 aromatic carbocycles. The van der Waals surface area contributed by atoms with E-state index in [1.54, 1.807) is 28.0 Å². The van der Waals surface area contributed by atoms with Gasteiger partial charge < -0.3 is 10.2 Å². The largest absolute Gasteiger partial charge is 0.345 e. The van der Waals surface area contributed by atoms with Gasteiger partial charge in [-0.05, 0) is 42.8 Å². The first-order valence-corrected chi connectivity index (χ1v) is 11.2. The first-order valence-electron chi connectivity index (χ1n) is 11.2. The number of halogens is 2. The first kappa shape index (κ1) is 22.6. The van der Waals surface area contributed by atoms with Crippen LogP contribution in [0.2, 0.25) is 0 Å². The van der Waals surface area contributed by atoms with Gasteiger partial charge in [-0.2, -0.15) is 13.9 Å². The molecule has 178 valence electrons. The van der Waals surface area contributed by atoms with Crippen molar-refractivity contribution in [2.75, 3.05) is 4.90 Å². The van der Waals surface area contributed by atoms with E-state index in [-0.39, 0.29) is 12.3 Å². The number of anilines is 1. The van der Waals surface area contributed by atoms with Gasteiger partial charge in [-0.1, -0.05) is 30.3 Å². The van der Waals surface area contributed by atoms with Crippen molar-refractivity contribution in [2.24, 2.45) is 0 Å². The van der Waals surface area contributed by atoms with E-state index in [2.05, 4.69) is 15.4 Å². The maximum absolute atomic E-state index is 13.6. The highest BCUT2D eigenvalue weighted by Crippen LogP contribution is 2.39. The molecule has 2 aromatic heterocycles. The first-order chi connectivity index (χ1) is 16.7. The summed E-state index contributed by atoms with van der Waals surface area (Å²) in [5.41, 5.74) is 3.91. The average Bonchev–Trinajstić information content (AvgIpc) is 3.39. The highest BCUT2D eigenvalue weighted by molar-refractivity contribution is 6.00. The molecule has 0 spiro atoms. The number of amides is 2. The Morgan fingerprint density at radius 3 is 2.57 bits per heavy atom. The van der Waals surface area contributed by atoms with Crippen molar-refractivity contribution >= 4 is 28.4 Å². The van der Waals surface area contributed by atoms with Crippen molar-refractivity contribution in [3.8, 4) is 5.69 Å². The van der Waals surface area contributed by atoms with E-state index in [1.165, 1.54) is 0 Å². The molecule has 3 heterocycles. The van der Waals surface area contributed by atoms with E-state index in [0.29, 0.717) is 12.6 Å². The summed E-state index contributed by atoms with van der Waals surface area (Å²) < 4.78 is 29.1. The van der Waals surface area contributed by atoms with E-state index >= 15 is 0 Å². The Kier molecular flexibility index (Phi) is 5.55. The van der Waals surface area contributed by atoms with Gasteiger partial charge in [-0.25, -0.2) is 4.68 Å². The normalized spacial score (nSPS) is 18.3. The van der Waals surface area contributed by atoms with Crippen molar-refractivity contribution in [1.82, 2.24) is 20.1 Å². The molecule has 0 bridgehead atoms. The molecule has 4 aromatic rings. The van der Waals surface area contributed by atoms with Gasteiger partial charge in [0.25, 0.3) is 5.91 Å². The Bertz CT molecular complexity index is 1410. The third kappa shape index (κ3) is 4.25. The number of aryl methyl sites for hydroxylation is 1. The Hall–Kier alpha value is -4.14. The molecule has 9 heteroatoms. The number of rotatable bonds is 5. The summed E-state index contributed by atoms with van der Waals surface area (Å²) in [6.07, 6.45) is 3.34. The van der Waals surface area contributed by atoms with Crippen LogP contribution in [0.3, 0.4) is 0 Å². The Morgan fingerprint density at radius 2 is 1.86 bits per heavy atom. The van der Waals surface area contributed by atoms with Crippen LogP contribution in [0.5, 0.6) is 0 Å². The predicted octanol–water partition coefficient (Wildman–Crippen LogP) is 4.35. The van der Waals surface area contributed by atoms with Crippen LogP contribution in [0.15, 0.2) is 73.1 Å². The zero-order valence-corrected chi connectivity index (χ0v) is 19.2. The summed E-state index contributed by atoms with van der Waals surface area (Å²) in [5.74, 6) is -5.21. The highest BCUT2D eigenvalue weighted by atomic mass is 19.3. The zero-order chi connectivity index (χ0) is 24.7. The number of fused-ring (bicyclic) bond motifs is 1. The van der Waals surface area contributed by atoms with Gasteiger partial charge >= 0.3 is 5.92 Å². The lowest BCUT2D eigenvalue weighted by Gasteiger charge is -2.29. The SMILES string of the molecule is Cc1cc(-n2ncc3cc(N4C(=O)C[C@H](NC(=O)C(C)(F)F)C4c4ccccc4)ccc32)ccn1. The van der Waals surface area contributed by atoms with E-state index in [9.17, 15) is 18.4 Å². The molecule has 1 N–H and O–H groups in total. The number of nitrogens with zero attached hydrogens (tertiary/aromatic N) is 4. The van der Waals surface area contributed by atoms with Gasteiger partial charge in [0.1, 0.15) is 0 Å². The van der Waals surface area contributed by atoms with Crippen molar-refractivity contribution < 1.29 is 18.4 Å². The van der Waals surface area contributed by atoms with Crippen LogP contribution in [0.25, 0.3) is 16.6 Å². The van der Waals surface area contributed by atoms with E-state index < -0.39 is 23.9 Å². The van der Waals surface area contributed by atoms with Gasteiger partial charge in [0.15, 0.2) is 0 Å². The summed E-state index contributed by atoms with van der Waals surface area (Å²) >= 11 is 0. The number of nitrogens with one attached hydrogen (secondary N) is 1. The summed E-state index contributed by atoms with van der Waals surface area (Å²) in [7, 11) is 0. The number of hydrogen-bond acceptors (Lipinski definition) is 4. The van der Waals surface area contributed by atoms with Gasteiger partial charge in [0, 0.05) is 36.3 Å². The molecule has 1 saturated heterocycles. The van der Waals surface area contributed by atoms with Crippen LogP contribution >= 0.6 is 0 Å². The highest BCUT2D eigenvalue weighted by Gasteiger charge is 2.45. The molecule has 2 amide bonds. The molecular weight excluding hydrogens is 452 g/mol. The molecule has 7 nitrogen and oxygen atoms in total. The minimum atomic E-state index is -3.55. The molecule has 0 radical (unpaired) electrons. The van der Waals surface area contributed by atoms with Gasteiger partial charge in [0.2, 0.25) is 5.91 Å². The van der Waals surface area contributed by atoms with Crippen molar-refractivity contribution in [2.45, 2.75) is 38.3 Å². The van der Waals surface area contributed by atoms with Crippen LogP contribution < -0.4 is 10.2 Å². The number of carbonyl (C=O) groups is 2. The number of pyridine rings is 1. The fourth-order valence-corrected chi connectivity index (χ4v) is 4.53. The minimum Gasteiger partial charge on any atom is -0.345 e. The van der Waals surface area contributed by atoms with Crippen molar-refractivity contribution in [3.05, 3.63) is 84.3 Å². The number of carbonyl (C=O) groups excluding carboxylic acids is 2. The smallest absolute Gasteiger partial charge is 0.321 e. The molecule has 1 unspecified atom stereocenters. The zero-order valence-electron chi connectivity index (χ0n) is 19.2. The number of alkyl halides is 2. The fraction of sp³-hybridized carbons (Fsp3) is 0.231. The lowest BCUT2D eigenvalue weighted by molar-refractivity contribution is -0.143. The summed E-state index contributed by atoms with van der Waals surface area (Å²) in [6, 6.07) is 17.0. The lowest BCUT2D eigenvalue weighted by Crippen LogP contribution is -2.46. The minimum absolute atomic E-state index is 0.0883. The Labute approximate surface area is 200 Å². The summed E-state index contributed by atoms with van der Waals surface area (Å²) in [6.45, 7) is 2.45. The molecule has 35 heavy (non-hydrogen) atoms. The van der Waals surface area contributed by atoms with Crippen LogP contribution in [0, 0.1) is 6.92 Å². The molecule has 0 saturated carbocycles. The maximum Gasteiger partial charge on any atom is 0.321 e. The van der Waals surface area contributed by atoms with E-state index in [4.69, 9.17) is 0 Å². The third-order valence-electron chi connectivity index (χ3n) is 6.13.